The highest BCUT2D eigenvalue weighted by Crippen LogP contribution is 2.33. The molecule has 0 spiro atoms. The van der Waals surface area contributed by atoms with Crippen LogP contribution in [0.3, 0.4) is 0 Å². The third-order valence-electron chi connectivity index (χ3n) is 3.07. The average molecular weight is 342 g/mol. The van der Waals surface area contributed by atoms with Gasteiger partial charge >= 0.3 is 0 Å². The van der Waals surface area contributed by atoms with Crippen LogP contribution in [0.1, 0.15) is 5.56 Å². The van der Waals surface area contributed by atoms with E-state index >= 15 is 0 Å². The number of nitrogens with one attached hydrogen (secondary N) is 1. The van der Waals surface area contributed by atoms with E-state index < -0.39 is 10.0 Å². The van der Waals surface area contributed by atoms with Crippen molar-refractivity contribution in [2.45, 2.75) is 11.8 Å². The van der Waals surface area contributed by atoms with Crippen molar-refractivity contribution in [3.8, 4) is 11.5 Å². The number of aryl methyl sites for hydroxylation is 1. The third-order valence-corrected chi connectivity index (χ3v) is 4.84. The Labute approximate surface area is 134 Å². The molecular formula is C15H16ClNO4S. The van der Waals surface area contributed by atoms with Crippen LogP contribution in [0, 0.1) is 6.92 Å². The van der Waals surface area contributed by atoms with Gasteiger partial charge in [-0.15, -0.1) is 0 Å². The third kappa shape index (κ3) is 3.45. The molecule has 0 radical (unpaired) electrons. The van der Waals surface area contributed by atoms with Gasteiger partial charge in [0.05, 0.1) is 19.1 Å². The molecule has 2 aromatic rings. The first-order chi connectivity index (χ1) is 10.4. The molecule has 0 bridgehead atoms. The second-order valence-corrected chi connectivity index (χ2v) is 6.67. The van der Waals surface area contributed by atoms with Crippen LogP contribution in [-0.4, -0.2) is 22.6 Å². The molecule has 0 heterocycles. The Morgan fingerprint density at radius 2 is 1.55 bits per heavy atom. The number of hydrogen-bond acceptors (Lipinski definition) is 4. The highest BCUT2D eigenvalue weighted by molar-refractivity contribution is 7.92. The molecule has 2 rings (SSSR count). The molecule has 118 valence electrons. The van der Waals surface area contributed by atoms with E-state index in [4.69, 9.17) is 21.1 Å². The zero-order valence-corrected chi connectivity index (χ0v) is 14.0. The molecule has 0 unspecified atom stereocenters. The van der Waals surface area contributed by atoms with Crippen LogP contribution in [-0.2, 0) is 10.0 Å². The SMILES string of the molecule is COc1cc(C)c(S(=O)(=O)Nc2ccc(Cl)cc2)cc1OC. The molecule has 0 aliphatic carbocycles. The van der Waals surface area contributed by atoms with E-state index in [2.05, 4.69) is 4.72 Å². The summed E-state index contributed by atoms with van der Waals surface area (Å²) in [5, 5.41) is 0.533. The predicted octanol–water partition coefficient (Wildman–Crippen LogP) is 3.47. The first-order valence-electron chi connectivity index (χ1n) is 6.38. The second-order valence-electron chi connectivity index (χ2n) is 4.59. The fourth-order valence-electron chi connectivity index (χ4n) is 1.98. The summed E-state index contributed by atoms with van der Waals surface area (Å²) in [7, 11) is -0.791. The van der Waals surface area contributed by atoms with Crippen molar-refractivity contribution >= 4 is 27.3 Å². The van der Waals surface area contributed by atoms with Crippen LogP contribution in [0.5, 0.6) is 11.5 Å². The number of anilines is 1. The van der Waals surface area contributed by atoms with E-state index in [1.54, 1.807) is 37.3 Å². The minimum absolute atomic E-state index is 0.125. The maximum atomic E-state index is 12.5. The molecule has 0 aliphatic heterocycles. The zero-order chi connectivity index (χ0) is 16.3. The molecule has 0 aromatic heterocycles. The molecule has 22 heavy (non-hydrogen) atoms. The number of hydrogen-bond donors (Lipinski definition) is 1. The summed E-state index contributed by atoms with van der Waals surface area (Å²) in [5.41, 5.74) is 0.984. The van der Waals surface area contributed by atoms with E-state index in [0.717, 1.165) is 0 Å². The van der Waals surface area contributed by atoms with Gasteiger partial charge in [-0.3, -0.25) is 4.72 Å². The van der Waals surface area contributed by atoms with Crippen LogP contribution < -0.4 is 14.2 Å². The molecule has 0 aliphatic rings. The maximum absolute atomic E-state index is 12.5. The Morgan fingerprint density at radius 1 is 1.00 bits per heavy atom. The number of ether oxygens (including phenoxy) is 2. The van der Waals surface area contributed by atoms with Gasteiger partial charge in [0, 0.05) is 16.8 Å². The van der Waals surface area contributed by atoms with Crippen LogP contribution >= 0.6 is 11.6 Å². The Kier molecular flexibility index (Phi) is 4.83. The molecule has 5 nitrogen and oxygen atoms in total. The van der Waals surface area contributed by atoms with E-state index in [1.807, 2.05) is 0 Å². The lowest BCUT2D eigenvalue weighted by Crippen LogP contribution is -2.14. The standard InChI is InChI=1S/C15H16ClNO4S/c1-10-8-13(20-2)14(21-3)9-15(10)22(18,19)17-12-6-4-11(16)5-7-12/h4-9,17H,1-3H3. The Morgan fingerprint density at radius 3 is 2.09 bits per heavy atom. The number of methoxy groups -OCH3 is 2. The zero-order valence-electron chi connectivity index (χ0n) is 12.4. The summed E-state index contributed by atoms with van der Waals surface area (Å²) in [6, 6.07) is 9.47. The quantitative estimate of drug-likeness (QED) is 0.904. The topological polar surface area (TPSA) is 64.6 Å². The van der Waals surface area contributed by atoms with E-state index in [1.165, 1.54) is 20.3 Å². The van der Waals surface area contributed by atoms with Crippen molar-refractivity contribution < 1.29 is 17.9 Å². The van der Waals surface area contributed by atoms with Gasteiger partial charge in [-0.1, -0.05) is 11.6 Å². The van der Waals surface area contributed by atoms with Gasteiger partial charge < -0.3 is 9.47 Å². The lowest BCUT2D eigenvalue weighted by molar-refractivity contribution is 0.353. The number of benzene rings is 2. The first kappa shape index (κ1) is 16.5. The van der Waals surface area contributed by atoms with Crippen molar-refractivity contribution in [2.75, 3.05) is 18.9 Å². The van der Waals surface area contributed by atoms with Gasteiger partial charge in [-0.25, -0.2) is 8.42 Å². The van der Waals surface area contributed by atoms with Crippen molar-refractivity contribution in [3.63, 3.8) is 0 Å². The summed E-state index contributed by atoms with van der Waals surface area (Å²) < 4.78 is 37.9. The molecule has 0 fully saturated rings. The highest BCUT2D eigenvalue weighted by Gasteiger charge is 2.20. The summed E-state index contributed by atoms with van der Waals surface area (Å²) >= 11 is 5.79. The first-order valence-corrected chi connectivity index (χ1v) is 8.24. The lowest BCUT2D eigenvalue weighted by Gasteiger charge is -2.14. The molecule has 0 atom stereocenters. The van der Waals surface area contributed by atoms with Crippen LogP contribution in [0.2, 0.25) is 5.02 Å². The normalized spacial score (nSPS) is 11.1. The summed E-state index contributed by atoms with van der Waals surface area (Å²) in [6.45, 7) is 1.69. The van der Waals surface area contributed by atoms with Crippen molar-refractivity contribution in [1.29, 1.82) is 0 Å². The minimum atomic E-state index is -3.74. The number of sulfonamides is 1. The van der Waals surface area contributed by atoms with Gasteiger partial charge in [-0.05, 0) is 42.8 Å². The lowest BCUT2D eigenvalue weighted by atomic mass is 10.2. The van der Waals surface area contributed by atoms with Crippen LogP contribution in [0.4, 0.5) is 5.69 Å². The fraction of sp³-hybridized carbons (Fsp3) is 0.200. The van der Waals surface area contributed by atoms with Crippen molar-refractivity contribution in [3.05, 3.63) is 47.0 Å². The van der Waals surface area contributed by atoms with Crippen molar-refractivity contribution in [1.82, 2.24) is 0 Å². The summed E-state index contributed by atoms with van der Waals surface area (Å²) in [5.74, 6) is 0.829. The number of halogens is 1. The van der Waals surface area contributed by atoms with E-state index in [9.17, 15) is 8.42 Å². The second kappa shape index (κ2) is 6.46. The summed E-state index contributed by atoms with van der Waals surface area (Å²) in [6.07, 6.45) is 0. The molecule has 0 saturated heterocycles. The fourth-order valence-corrected chi connectivity index (χ4v) is 3.41. The van der Waals surface area contributed by atoms with Gasteiger partial charge in [0.2, 0.25) is 0 Å². The maximum Gasteiger partial charge on any atom is 0.262 e. The molecular weight excluding hydrogens is 326 g/mol. The molecule has 0 amide bonds. The molecule has 2 aromatic carbocycles. The van der Waals surface area contributed by atoms with Gasteiger partial charge in [0.15, 0.2) is 11.5 Å². The molecule has 0 saturated carbocycles. The minimum Gasteiger partial charge on any atom is -0.493 e. The molecule has 7 heteroatoms. The molecule has 1 N–H and O–H groups in total. The van der Waals surface area contributed by atoms with Gasteiger partial charge in [-0.2, -0.15) is 0 Å². The summed E-state index contributed by atoms with van der Waals surface area (Å²) in [4.78, 5) is 0.125. The van der Waals surface area contributed by atoms with E-state index in [-0.39, 0.29) is 4.90 Å². The number of rotatable bonds is 5. The Hall–Kier alpha value is -1.92. The average Bonchev–Trinajstić information content (AvgIpc) is 2.48. The monoisotopic (exact) mass is 341 g/mol. The van der Waals surface area contributed by atoms with Crippen LogP contribution in [0.25, 0.3) is 0 Å². The van der Waals surface area contributed by atoms with Gasteiger partial charge in [0.25, 0.3) is 10.0 Å². The smallest absolute Gasteiger partial charge is 0.262 e. The highest BCUT2D eigenvalue weighted by atomic mass is 35.5. The largest absolute Gasteiger partial charge is 0.493 e. The Balaban J connectivity index is 2.42. The van der Waals surface area contributed by atoms with Crippen molar-refractivity contribution in [2.24, 2.45) is 0 Å². The predicted molar refractivity (Wildman–Crippen MR) is 86.5 cm³/mol. The van der Waals surface area contributed by atoms with Gasteiger partial charge in [0.1, 0.15) is 0 Å². The Bertz CT molecular complexity index is 773. The van der Waals surface area contributed by atoms with Crippen LogP contribution in [0.15, 0.2) is 41.3 Å². The van der Waals surface area contributed by atoms with E-state index in [0.29, 0.717) is 27.8 Å².